The number of fused-ring (bicyclic) bond motifs is 1. The van der Waals surface area contributed by atoms with Gasteiger partial charge in [-0.2, -0.15) is 0 Å². The monoisotopic (exact) mass is 294 g/mol. The molecule has 1 aromatic carbocycles. The zero-order chi connectivity index (χ0) is 14.1. The molecule has 1 saturated heterocycles. The van der Waals surface area contributed by atoms with Gasteiger partial charge in [0.1, 0.15) is 11.9 Å². The molecule has 0 bridgehead atoms. The van der Waals surface area contributed by atoms with E-state index in [1.807, 2.05) is 18.2 Å². The summed E-state index contributed by atoms with van der Waals surface area (Å²) >= 11 is 6.04. The number of hydrogen-bond acceptors (Lipinski definition) is 3. The maximum absolute atomic E-state index is 6.17. The fourth-order valence-corrected chi connectivity index (χ4v) is 3.60. The van der Waals surface area contributed by atoms with Crippen LogP contribution in [0.1, 0.15) is 25.3 Å². The van der Waals surface area contributed by atoms with Gasteiger partial charge in [-0.1, -0.05) is 24.9 Å². The first-order chi connectivity index (χ1) is 9.65. The third-order valence-corrected chi connectivity index (χ3v) is 4.86. The molecule has 20 heavy (non-hydrogen) atoms. The molecule has 0 radical (unpaired) electrons. The standard InChI is InChI=1S/C16H23ClN2O/c1-2-11-9-19(6-5-15(11)18)10-14-8-12-7-13(17)3-4-16(12)20-14/h3-4,7,11,14-15H,2,5-6,8-10,18H2,1H3. The van der Waals surface area contributed by atoms with E-state index in [0.717, 1.165) is 43.2 Å². The predicted molar refractivity (Wildman–Crippen MR) is 82.4 cm³/mol. The lowest BCUT2D eigenvalue weighted by atomic mass is 9.90. The van der Waals surface area contributed by atoms with E-state index in [1.54, 1.807) is 0 Å². The third-order valence-electron chi connectivity index (χ3n) is 4.63. The largest absolute Gasteiger partial charge is 0.488 e. The molecule has 2 heterocycles. The smallest absolute Gasteiger partial charge is 0.123 e. The minimum Gasteiger partial charge on any atom is -0.488 e. The summed E-state index contributed by atoms with van der Waals surface area (Å²) in [4.78, 5) is 2.51. The molecule has 3 rings (SSSR count). The summed E-state index contributed by atoms with van der Waals surface area (Å²) in [5.74, 6) is 1.63. The summed E-state index contributed by atoms with van der Waals surface area (Å²) < 4.78 is 6.03. The highest BCUT2D eigenvalue weighted by atomic mass is 35.5. The third kappa shape index (κ3) is 2.95. The van der Waals surface area contributed by atoms with Crippen molar-refractivity contribution in [3.8, 4) is 5.75 Å². The Labute approximate surface area is 126 Å². The lowest BCUT2D eigenvalue weighted by molar-refractivity contribution is 0.0994. The van der Waals surface area contributed by atoms with Crippen molar-refractivity contribution >= 4 is 11.6 Å². The van der Waals surface area contributed by atoms with Crippen LogP contribution in [0.15, 0.2) is 18.2 Å². The number of nitrogens with two attached hydrogens (primary N) is 1. The van der Waals surface area contributed by atoms with Gasteiger partial charge in [0, 0.05) is 30.6 Å². The first-order valence-corrected chi connectivity index (χ1v) is 7.96. The lowest BCUT2D eigenvalue weighted by Gasteiger charge is -2.37. The van der Waals surface area contributed by atoms with E-state index in [4.69, 9.17) is 22.1 Å². The molecule has 110 valence electrons. The molecule has 3 unspecified atom stereocenters. The highest BCUT2D eigenvalue weighted by Gasteiger charge is 2.30. The van der Waals surface area contributed by atoms with Gasteiger partial charge < -0.3 is 10.5 Å². The predicted octanol–water partition coefficient (Wildman–Crippen LogP) is 2.70. The molecule has 1 aromatic rings. The first-order valence-electron chi connectivity index (χ1n) is 7.58. The van der Waals surface area contributed by atoms with Crippen molar-refractivity contribution in [3.05, 3.63) is 28.8 Å². The van der Waals surface area contributed by atoms with Gasteiger partial charge in [0.15, 0.2) is 0 Å². The van der Waals surface area contributed by atoms with Crippen LogP contribution in [0.4, 0.5) is 0 Å². The molecule has 2 aliphatic rings. The fraction of sp³-hybridized carbons (Fsp3) is 0.625. The van der Waals surface area contributed by atoms with Gasteiger partial charge in [-0.25, -0.2) is 0 Å². The van der Waals surface area contributed by atoms with E-state index in [1.165, 1.54) is 12.0 Å². The molecule has 0 amide bonds. The van der Waals surface area contributed by atoms with Crippen molar-refractivity contribution in [3.63, 3.8) is 0 Å². The number of nitrogens with zero attached hydrogens (tertiary/aromatic N) is 1. The second-order valence-corrected chi connectivity index (χ2v) is 6.51. The van der Waals surface area contributed by atoms with Crippen LogP contribution in [0.25, 0.3) is 0 Å². The molecule has 0 aliphatic carbocycles. The molecule has 3 atom stereocenters. The number of ether oxygens (including phenoxy) is 1. The van der Waals surface area contributed by atoms with Gasteiger partial charge >= 0.3 is 0 Å². The van der Waals surface area contributed by atoms with E-state index < -0.39 is 0 Å². The Hall–Kier alpha value is -0.770. The molecular formula is C16H23ClN2O. The number of hydrogen-bond donors (Lipinski definition) is 1. The zero-order valence-electron chi connectivity index (χ0n) is 12.0. The average molecular weight is 295 g/mol. The molecule has 3 nitrogen and oxygen atoms in total. The van der Waals surface area contributed by atoms with Crippen LogP contribution in [0.2, 0.25) is 5.02 Å². The highest BCUT2D eigenvalue weighted by Crippen LogP contribution is 2.31. The minimum atomic E-state index is 0.260. The van der Waals surface area contributed by atoms with Gasteiger partial charge in [-0.3, -0.25) is 4.90 Å². The van der Waals surface area contributed by atoms with Crippen molar-refractivity contribution in [1.82, 2.24) is 4.90 Å². The van der Waals surface area contributed by atoms with Crippen LogP contribution in [0, 0.1) is 5.92 Å². The SMILES string of the molecule is CCC1CN(CC2Cc3cc(Cl)ccc3O2)CCC1N. The average Bonchev–Trinajstić information content (AvgIpc) is 2.82. The molecule has 0 aromatic heterocycles. The zero-order valence-corrected chi connectivity index (χ0v) is 12.8. The molecule has 1 fully saturated rings. The molecule has 0 spiro atoms. The Morgan fingerprint density at radius 3 is 3.10 bits per heavy atom. The summed E-state index contributed by atoms with van der Waals surface area (Å²) in [6.45, 7) is 5.43. The number of likely N-dealkylation sites (tertiary alicyclic amines) is 1. The lowest BCUT2D eigenvalue weighted by Crippen LogP contribution is -2.49. The van der Waals surface area contributed by atoms with Crippen LogP contribution in [-0.2, 0) is 6.42 Å². The van der Waals surface area contributed by atoms with Crippen LogP contribution in [-0.4, -0.2) is 36.7 Å². The van der Waals surface area contributed by atoms with Crippen molar-refractivity contribution < 1.29 is 4.74 Å². The summed E-state index contributed by atoms with van der Waals surface area (Å²) in [6, 6.07) is 6.28. The highest BCUT2D eigenvalue weighted by molar-refractivity contribution is 6.30. The number of piperidine rings is 1. The van der Waals surface area contributed by atoms with E-state index in [0.29, 0.717) is 12.0 Å². The Morgan fingerprint density at radius 1 is 1.45 bits per heavy atom. The summed E-state index contributed by atoms with van der Waals surface area (Å²) in [6.07, 6.45) is 3.49. The van der Waals surface area contributed by atoms with Crippen LogP contribution in [0.3, 0.4) is 0 Å². The van der Waals surface area contributed by atoms with E-state index >= 15 is 0 Å². The van der Waals surface area contributed by atoms with Gasteiger partial charge in [0.05, 0.1) is 0 Å². The molecule has 0 saturated carbocycles. The van der Waals surface area contributed by atoms with Crippen molar-refractivity contribution in [2.45, 2.75) is 38.3 Å². The van der Waals surface area contributed by atoms with Crippen LogP contribution >= 0.6 is 11.6 Å². The van der Waals surface area contributed by atoms with Gasteiger partial charge in [-0.15, -0.1) is 0 Å². The van der Waals surface area contributed by atoms with Gasteiger partial charge in [-0.05, 0) is 42.6 Å². The topological polar surface area (TPSA) is 38.5 Å². The molecule has 2 aliphatic heterocycles. The van der Waals surface area contributed by atoms with Gasteiger partial charge in [0.25, 0.3) is 0 Å². The molecular weight excluding hydrogens is 272 g/mol. The van der Waals surface area contributed by atoms with E-state index in [9.17, 15) is 0 Å². The Bertz CT molecular complexity index is 480. The first kappa shape index (κ1) is 14.2. The number of benzene rings is 1. The van der Waals surface area contributed by atoms with Crippen LogP contribution in [0.5, 0.6) is 5.75 Å². The normalized spacial score (nSPS) is 30.1. The van der Waals surface area contributed by atoms with E-state index in [2.05, 4.69) is 11.8 Å². The quantitative estimate of drug-likeness (QED) is 0.931. The Balaban J connectivity index is 1.58. The maximum atomic E-state index is 6.17. The number of halogens is 1. The number of rotatable bonds is 3. The van der Waals surface area contributed by atoms with E-state index in [-0.39, 0.29) is 6.10 Å². The second kappa shape index (κ2) is 5.92. The van der Waals surface area contributed by atoms with Gasteiger partial charge in [0.2, 0.25) is 0 Å². The van der Waals surface area contributed by atoms with Crippen molar-refractivity contribution in [1.29, 1.82) is 0 Å². The second-order valence-electron chi connectivity index (χ2n) is 6.08. The molecule has 4 heteroatoms. The Morgan fingerprint density at radius 2 is 2.30 bits per heavy atom. The maximum Gasteiger partial charge on any atom is 0.123 e. The summed E-state index contributed by atoms with van der Waals surface area (Å²) in [5.41, 5.74) is 7.41. The molecule has 2 N–H and O–H groups in total. The van der Waals surface area contributed by atoms with Crippen molar-refractivity contribution in [2.75, 3.05) is 19.6 Å². The summed E-state index contributed by atoms with van der Waals surface area (Å²) in [5, 5.41) is 0.794. The Kier molecular flexibility index (Phi) is 4.20. The van der Waals surface area contributed by atoms with Crippen molar-refractivity contribution in [2.24, 2.45) is 11.7 Å². The minimum absolute atomic E-state index is 0.260. The fourth-order valence-electron chi connectivity index (χ4n) is 3.40. The summed E-state index contributed by atoms with van der Waals surface area (Å²) in [7, 11) is 0. The van der Waals surface area contributed by atoms with Crippen LogP contribution < -0.4 is 10.5 Å².